The number of rotatable bonds is 1. The largest absolute Gasteiger partial charge is 0.326 e. The fourth-order valence-electron chi connectivity index (χ4n) is 2.92. The lowest BCUT2D eigenvalue weighted by molar-refractivity contribution is 0.0941. The van der Waals surface area contributed by atoms with Gasteiger partial charge in [0.2, 0.25) is 0 Å². The summed E-state index contributed by atoms with van der Waals surface area (Å²) in [6.07, 6.45) is 6.66. The van der Waals surface area contributed by atoms with Crippen molar-refractivity contribution in [2.45, 2.75) is 44.2 Å². The van der Waals surface area contributed by atoms with Crippen LogP contribution in [0.4, 0.5) is 0 Å². The molecule has 0 aromatic heterocycles. The van der Waals surface area contributed by atoms with Gasteiger partial charge in [-0.3, -0.25) is 4.90 Å². The Hall–Kier alpha value is -0.120. The number of likely N-dealkylation sites (N-methyl/N-ethyl adjacent to an activating group) is 1. The third-order valence-corrected chi connectivity index (χ3v) is 4.04. The molecule has 2 atom stereocenters. The Bertz CT molecular complexity index is 187. The van der Waals surface area contributed by atoms with Crippen LogP contribution >= 0.6 is 0 Å². The first kappa shape index (κ1) is 11.4. The first-order valence-electron chi connectivity index (χ1n) is 6.45. The Morgan fingerprint density at radius 2 is 1.60 bits per heavy atom. The highest BCUT2D eigenvalue weighted by Gasteiger charge is 2.28. The minimum Gasteiger partial charge on any atom is -0.326 e. The first-order valence-corrected chi connectivity index (χ1v) is 6.45. The molecule has 3 nitrogen and oxygen atoms in total. The van der Waals surface area contributed by atoms with Crippen molar-refractivity contribution in [3.8, 4) is 0 Å². The van der Waals surface area contributed by atoms with E-state index in [-0.39, 0.29) is 0 Å². The molecule has 0 aromatic rings. The van der Waals surface area contributed by atoms with Crippen molar-refractivity contribution in [2.24, 2.45) is 5.73 Å². The standard InChI is InChI=1S/C12H25N3/c1-14-7-9-15(10-8-14)12-6-4-2-3-5-11(12)13/h11-12H,2-10,13H2,1H3. The summed E-state index contributed by atoms with van der Waals surface area (Å²) in [5, 5.41) is 0. The van der Waals surface area contributed by atoms with Gasteiger partial charge >= 0.3 is 0 Å². The Morgan fingerprint density at radius 1 is 0.933 bits per heavy atom. The second-order valence-electron chi connectivity index (χ2n) is 5.21. The smallest absolute Gasteiger partial charge is 0.0248 e. The molecule has 0 radical (unpaired) electrons. The average molecular weight is 211 g/mol. The van der Waals surface area contributed by atoms with E-state index < -0.39 is 0 Å². The molecule has 0 bridgehead atoms. The van der Waals surface area contributed by atoms with Gasteiger partial charge in [0.1, 0.15) is 0 Å². The molecule has 88 valence electrons. The van der Waals surface area contributed by atoms with Gasteiger partial charge in [-0.1, -0.05) is 19.3 Å². The van der Waals surface area contributed by atoms with Crippen LogP contribution in [0.5, 0.6) is 0 Å². The Kier molecular flexibility index (Phi) is 4.00. The molecule has 1 aliphatic heterocycles. The molecule has 0 aromatic carbocycles. The fraction of sp³-hybridized carbons (Fsp3) is 1.00. The van der Waals surface area contributed by atoms with Crippen molar-refractivity contribution in [2.75, 3.05) is 33.2 Å². The SMILES string of the molecule is CN1CCN(C2CCCCCC2N)CC1. The molecular weight excluding hydrogens is 186 g/mol. The molecule has 1 aliphatic carbocycles. The predicted octanol–water partition coefficient (Wildman–Crippen LogP) is 0.894. The maximum absolute atomic E-state index is 6.29. The van der Waals surface area contributed by atoms with Gasteiger partial charge in [0.15, 0.2) is 0 Å². The van der Waals surface area contributed by atoms with Gasteiger partial charge < -0.3 is 10.6 Å². The zero-order chi connectivity index (χ0) is 10.7. The van der Waals surface area contributed by atoms with Crippen molar-refractivity contribution in [3.63, 3.8) is 0 Å². The van der Waals surface area contributed by atoms with Crippen molar-refractivity contribution in [1.29, 1.82) is 0 Å². The highest BCUT2D eigenvalue weighted by molar-refractivity contribution is 4.86. The van der Waals surface area contributed by atoms with Gasteiger partial charge in [-0.15, -0.1) is 0 Å². The highest BCUT2D eigenvalue weighted by Crippen LogP contribution is 2.22. The van der Waals surface area contributed by atoms with Crippen LogP contribution < -0.4 is 5.73 Å². The van der Waals surface area contributed by atoms with Crippen molar-refractivity contribution in [1.82, 2.24) is 9.80 Å². The van der Waals surface area contributed by atoms with E-state index in [1.54, 1.807) is 0 Å². The van der Waals surface area contributed by atoms with E-state index in [0.717, 1.165) is 0 Å². The van der Waals surface area contributed by atoms with Crippen LogP contribution in [0.2, 0.25) is 0 Å². The van der Waals surface area contributed by atoms with Gasteiger partial charge in [0, 0.05) is 38.3 Å². The molecule has 1 heterocycles. The predicted molar refractivity (Wildman–Crippen MR) is 63.9 cm³/mol. The Balaban J connectivity index is 1.89. The van der Waals surface area contributed by atoms with E-state index in [0.29, 0.717) is 12.1 Å². The summed E-state index contributed by atoms with van der Waals surface area (Å²) in [7, 11) is 2.21. The monoisotopic (exact) mass is 211 g/mol. The lowest BCUT2D eigenvalue weighted by Gasteiger charge is -2.40. The molecule has 2 aliphatic rings. The topological polar surface area (TPSA) is 32.5 Å². The molecule has 3 heteroatoms. The second kappa shape index (κ2) is 5.28. The Morgan fingerprint density at radius 3 is 2.33 bits per heavy atom. The van der Waals surface area contributed by atoms with Crippen LogP contribution in [0.3, 0.4) is 0 Å². The molecule has 2 fully saturated rings. The van der Waals surface area contributed by atoms with Gasteiger partial charge in [-0.05, 0) is 19.9 Å². The normalized spacial score (nSPS) is 36.4. The highest BCUT2D eigenvalue weighted by atomic mass is 15.3. The van der Waals surface area contributed by atoms with E-state index in [1.165, 1.54) is 58.3 Å². The van der Waals surface area contributed by atoms with Crippen LogP contribution in [-0.4, -0.2) is 55.1 Å². The van der Waals surface area contributed by atoms with Crippen LogP contribution in [0.15, 0.2) is 0 Å². The van der Waals surface area contributed by atoms with Crippen molar-refractivity contribution >= 4 is 0 Å². The Labute approximate surface area is 93.6 Å². The third-order valence-electron chi connectivity index (χ3n) is 4.04. The number of nitrogens with zero attached hydrogens (tertiary/aromatic N) is 2. The second-order valence-corrected chi connectivity index (χ2v) is 5.21. The van der Waals surface area contributed by atoms with Crippen LogP contribution in [0.25, 0.3) is 0 Å². The van der Waals surface area contributed by atoms with Crippen LogP contribution in [0.1, 0.15) is 32.1 Å². The summed E-state index contributed by atoms with van der Waals surface area (Å²) in [5.41, 5.74) is 6.29. The van der Waals surface area contributed by atoms with E-state index >= 15 is 0 Å². The molecule has 2 N–H and O–H groups in total. The molecular formula is C12H25N3. The molecule has 15 heavy (non-hydrogen) atoms. The van der Waals surface area contributed by atoms with Gasteiger partial charge in [0.05, 0.1) is 0 Å². The minimum atomic E-state index is 0.427. The van der Waals surface area contributed by atoms with E-state index in [2.05, 4.69) is 16.8 Å². The summed E-state index contributed by atoms with van der Waals surface area (Å²) in [6, 6.07) is 1.09. The summed E-state index contributed by atoms with van der Waals surface area (Å²) in [6.45, 7) is 4.86. The summed E-state index contributed by atoms with van der Waals surface area (Å²) in [5.74, 6) is 0. The third kappa shape index (κ3) is 2.92. The van der Waals surface area contributed by atoms with Crippen LogP contribution in [0, 0.1) is 0 Å². The molecule has 0 amide bonds. The van der Waals surface area contributed by atoms with Crippen LogP contribution in [-0.2, 0) is 0 Å². The lowest BCUT2D eigenvalue weighted by Crippen LogP contribution is -2.54. The number of piperazine rings is 1. The maximum atomic E-state index is 6.29. The summed E-state index contributed by atoms with van der Waals surface area (Å²) >= 11 is 0. The summed E-state index contributed by atoms with van der Waals surface area (Å²) in [4.78, 5) is 5.05. The minimum absolute atomic E-state index is 0.427. The van der Waals surface area contributed by atoms with Crippen molar-refractivity contribution in [3.05, 3.63) is 0 Å². The average Bonchev–Trinajstić information content (AvgIpc) is 2.44. The fourth-order valence-corrected chi connectivity index (χ4v) is 2.92. The maximum Gasteiger partial charge on any atom is 0.0248 e. The number of nitrogens with two attached hydrogens (primary N) is 1. The van der Waals surface area contributed by atoms with Gasteiger partial charge in [0.25, 0.3) is 0 Å². The first-order chi connectivity index (χ1) is 7.27. The molecule has 1 saturated heterocycles. The molecule has 2 unspecified atom stereocenters. The molecule has 1 saturated carbocycles. The zero-order valence-electron chi connectivity index (χ0n) is 9.99. The molecule has 2 rings (SSSR count). The zero-order valence-corrected chi connectivity index (χ0v) is 9.99. The van der Waals surface area contributed by atoms with Gasteiger partial charge in [-0.2, -0.15) is 0 Å². The van der Waals surface area contributed by atoms with E-state index in [9.17, 15) is 0 Å². The van der Waals surface area contributed by atoms with Gasteiger partial charge in [-0.25, -0.2) is 0 Å². The van der Waals surface area contributed by atoms with E-state index in [4.69, 9.17) is 5.73 Å². The molecule has 0 spiro atoms. The number of hydrogen-bond donors (Lipinski definition) is 1. The van der Waals surface area contributed by atoms with Crippen molar-refractivity contribution < 1.29 is 0 Å². The lowest BCUT2D eigenvalue weighted by atomic mass is 10.0. The van der Waals surface area contributed by atoms with E-state index in [1.807, 2.05) is 0 Å². The number of hydrogen-bond acceptors (Lipinski definition) is 3. The quantitative estimate of drug-likeness (QED) is 0.654. The summed E-state index contributed by atoms with van der Waals surface area (Å²) < 4.78 is 0.